The van der Waals surface area contributed by atoms with Crippen LogP contribution in [0.4, 0.5) is 0 Å². The average Bonchev–Trinajstić information content (AvgIpc) is 3.36. The van der Waals surface area contributed by atoms with E-state index in [1.165, 1.54) is 231 Å². The summed E-state index contributed by atoms with van der Waals surface area (Å²) in [7, 11) is 0. The Morgan fingerprint density at radius 3 is 1.11 bits per heavy atom. The largest absolute Gasteiger partial charge is 0.462 e. The maximum absolute atomic E-state index is 13.3. The standard InChI is InChI=1S/C65H123NO5/c1-4-7-10-13-16-19-22-25-28-31-32-34-37-40-43-46-49-52-55-58-65(70)71-61(56-53-50-47-44-41-38-35-33-29-26-23-20-17-14-11-8-5-2)59-64(69)66-62(60-67)63(68)57-54-51-48-45-42-39-36-30-27-24-21-18-15-12-9-6-3/h16,19,25,28,32,34,61-63,67-68H,4-15,17-18,20-24,26-27,29-31,33,35-60H2,1-3H3,(H,66,69)/b19-16-,28-25-,34-32-. The van der Waals surface area contributed by atoms with Crippen molar-refractivity contribution in [3.8, 4) is 0 Å². The second-order valence-electron chi connectivity index (χ2n) is 21.8. The second kappa shape index (κ2) is 59.0. The first kappa shape index (κ1) is 69.1. The normalized spacial score (nSPS) is 13.3. The molecule has 0 rings (SSSR count). The summed E-state index contributed by atoms with van der Waals surface area (Å²) in [5.74, 6) is -0.466. The highest BCUT2D eigenvalue weighted by atomic mass is 16.5. The van der Waals surface area contributed by atoms with E-state index < -0.39 is 18.2 Å². The van der Waals surface area contributed by atoms with Gasteiger partial charge in [-0.1, -0.05) is 301 Å². The molecule has 0 aliphatic heterocycles. The SMILES string of the molecule is CCCCC/C=C\C/C=C\C/C=C\CCCCCCCCC(=O)OC(CCCCCCCCCCCCCCCCCCC)CC(=O)NC(CO)C(O)CCCCCCCCCCCCCCCCCC. The van der Waals surface area contributed by atoms with Crippen LogP contribution in [-0.2, 0) is 14.3 Å². The molecule has 3 unspecified atom stereocenters. The van der Waals surface area contributed by atoms with Gasteiger partial charge in [-0.05, 0) is 64.2 Å². The summed E-state index contributed by atoms with van der Waals surface area (Å²) in [6, 6.07) is -0.703. The highest BCUT2D eigenvalue weighted by Crippen LogP contribution is 2.19. The van der Waals surface area contributed by atoms with Gasteiger partial charge in [0.1, 0.15) is 6.10 Å². The molecular weight excluding hydrogens is 875 g/mol. The van der Waals surface area contributed by atoms with Gasteiger partial charge in [0.2, 0.25) is 5.91 Å². The number of aliphatic hydroxyl groups is 2. The first-order chi connectivity index (χ1) is 35.0. The van der Waals surface area contributed by atoms with Crippen LogP contribution in [0.2, 0.25) is 0 Å². The Morgan fingerprint density at radius 1 is 0.408 bits per heavy atom. The van der Waals surface area contributed by atoms with Crippen LogP contribution in [0.15, 0.2) is 36.5 Å². The zero-order chi connectivity index (χ0) is 51.6. The molecule has 71 heavy (non-hydrogen) atoms. The summed E-state index contributed by atoms with van der Waals surface area (Å²) in [6.45, 7) is 6.51. The van der Waals surface area contributed by atoms with Crippen molar-refractivity contribution in [3.05, 3.63) is 36.5 Å². The molecule has 0 aliphatic rings. The van der Waals surface area contributed by atoms with Crippen LogP contribution in [0, 0.1) is 0 Å². The third-order valence-electron chi connectivity index (χ3n) is 14.7. The van der Waals surface area contributed by atoms with Crippen LogP contribution < -0.4 is 5.32 Å². The number of ether oxygens (including phenoxy) is 1. The first-order valence-corrected chi connectivity index (χ1v) is 31.7. The fourth-order valence-corrected chi connectivity index (χ4v) is 9.91. The van der Waals surface area contributed by atoms with Gasteiger partial charge in [0.05, 0.1) is 25.2 Å². The molecule has 0 radical (unpaired) electrons. The highest BCUT2D eigenvalue weighted by Gasteiger charge is 2.24. The number of allylic oxidation sites excluding steroid dienone is 6. The van der Waals surface area contributed by atoms with Gasteiger partial charge in [0, 0.05) is 6.42 Å². The second-order valence-corrected chi connectivity index (χ2v) is 21.8. The van der Waals surface area contributed by atoms with E-state index in [0.29, 0.717) is 19.3 Å². The predicted octanol–water partition coefficient (Wildman–Crippen LogP) is 20.0. The molecule has 0 saturated carbocycles. The van der Waals surface area contributed by atoms with Crippen molar-refractivity contribution in [1.82, 2.24) is 5.32 Å². The fraction of sp³-hybridized carbons (Fsp3) is 0.877. The minimum absolute atomic E-state index is 0.0775. The quantitative estimate of drug-likeness (QED) is 0.0321. The highest BCUT2D eigenvalue weighted by molar-refractivity contribution is 5.77. The van der Waals surface area contributed by atoms with Crippen LogP contribution in [0.3, 0.4) is 0 Å². The molecule has 418 valence electrons. The van der Waals surface area contributed by atoms with Gasteiger partial charge >= 0.3 is 5.97 Å². The Bertz CT molecular complexity index is 1170. The van der Waals surface area contributed by atoms with Gasteiger partial charge in [-0.15, -0.1) is 0 Å². The maximum Gasteiger partial charge on any atom is 0.306 e. The van der Waals surface area contributed by atoms with Crippen molar-refractivity contribution in [3.63, 3.8) is 0 Å². The number of aliphatic hydroxyl groups excluding tert-OH is 2. The summed E-state index contributed by atoms with van der Waals surface area (Å²) in [5.41, 5.74) is 0. The molecule has 0 aromatic heterocycles. The summed E-state index contributed by atoms with van der Waals surface area (Å²) >= 11 is 0. The number of hydrogen-bond donors (Lipinski definition) is 3. The van der Waals surface area contributed by atoms with E-state index in [9.17, 15) is 19.8 Å². The molecule has 6 heteroatoms. The van der Waals surface area contributed by atoms with E-state index in [-0.39, 0.29) is 24.9 Å². The number of nitrogens with one attached hydrogen (secondary N) is 1. The minimum atomic E-state index is -0.789. The van der Waals surface area contributed by atoms with Crippen LogP contribution in [-0.4, -0.2) is 46.9 Å². The lowest BCUT2D eigenvalue weighted by atomic mass is 10.0. The molecule has 6 nitrogen and oxygen atoms in total. The van der Waals surface area contributed by atoms with Crippen molar-refractivity contribution in [1.29, 1.82) is 0 Å². The number of unbranched alkanes of at least 4 members (excludes halogenated alkanes) is 40. The van der Waals surface area contributed by atoms with E-state index in [1.807, 2.05) is 0 Å². The monoisotopic (exact) mass is 998 g/mol. The van der Waals surface area contributed by atoms with Crippen molar-refractivity contribution < 1.29 is 24.5 Å². The number of hydrogen-bond acceptors (Lipinski definition) is 5. The van der Waals surface area contributed by atoms with Crippen LogP contribution >= 0.6 is 0 Å². The molecular formula is C65H123NO5. The first-order valence-electron chi connectivity index (χ1n) is 31.7. The van der Waals surface area contributed by atoms with Crippen LogP contribution in [0.1, 0.15) is 342 Å². The van der Waals surface area contributed by atoms with Gasteiger partial charge in [0.15, 0.2) is 0 Å². The molecule has 0 fully saturated rings. The van der Waals surface area contributed by atoms with Crippen LogP contribution in [0.25, 0.3) is 0 Å². The summed E-state index contributed by atoms with van der Waals surface area (Å²) in [5, 5.41) is 24.0. The topological polar surface area (TPSA) is 95.9 Å². The van der Waals surface area contributed by atoms with Gasteiger partial charge in [-0.25, -0.2) is 0 Å². The zero-order valence-electron chi connectivity index (χ0n) is 47.9. The Hall–Kier alpha value is -1.92. The Labute approximate surface area is 443 Å². The van der Waals surface area contributed by atoms with E-state index in [1.54, 1.807) is 0 Å². The van der Waals surface area contributed by atoms with Gasteiger partial charge in [-0.3, -0.25) is 9.59 Å². The maximum atomic E-state index is 13.3. The molecule has 0 aromatic carbocycles. The smallest absolute Gasteiger partial charge is 0.306 e. The van der Waals surface area contributed by atoms with Crippen molar-refractivity contribution in [2.75, 3.05) is 6.61 Å². The molecule has 0 aromatic rings. The van der Waals surface area contributed by atoms with Crippen LogP contribution in [0.5, 0.6) is 0 Å². The molecule has 0 spiro atoms. The van der Waals surface area contributed by atoms with Gasteiger partial charge in [-0.2, -0.15) is 0 Å². The number of carbonyl (C=O) groups is 2. The summed E-state index contributed by atoms with van der Waals surface area (Å²) < 4.78 is 5.99. The molecule has 0 heterocycles. The van der Waals surface area contributed by atoms with Crippen molar-refractivity contribution in [2.45, 2.75) is 360 Å². The third-order valence-corrected chi connectivity index (χ3v) is 14.7. The predicted molar refractivity (Wildman–Crippen MR) is 310 cm³/mol. The average molecular weight is 999 g/mol. The molecule has 1 amide bonds. The Kier molecular flexibility index (Phi) is 57.4. The minimum Gasteiger partial charge on any atom is -0.462 e. The van der Waals surface area contributed by atoms with Gasteiger partial charge in [0.25, 0.3) is 0 Å². The molecule has 3 atom stereocenters. The number of carbonyl (C=O) groups excluding carboxylic acids is 2. The molecule has 3 N–H and O–H groups in total. The lowest BCUT2D eigenvalue weighted by Gasteiger charge is -2.24. The zero-order valence-corrected chi connectivity index (χ0v) is 47.9. The third kappa shape index (κ3) is 54.2. The fourth-order valence-electron chi connectivity index (χ4n) is 9.91. The van der Waals surface area contributed by atoms with E-state index in [2.05, 4.69) is 62.5 Å². The van der Waals surface area contributed by atoms with Crippen molar-refractivity contribution in [2.24, 2.45) is 0 Å². The molecule has 0 bridgehead atoms. The van der Waals surface area contributed by atoms with Crippen molar-refractivity contribution >= 4 is 11.9 Å². The number of rotatable bonds is 58. The number of esters is 1. The molecule has 0 saturated heterocycles. The number of amides is 1. The Balaban J connectivity index is 4.53. The summed E-state index contributed by atoms with van der Waals surface area (Å²) in [4.78, 5) is 26.4. The molecule has 0 aliphatic carbocycles. The Morgan fingerprint density at radius 2 is 0.718 bits per heavy atom. The van der Waals surface area contributed by atoms with E-state index in [4.69, 9.17) is 4.74 Å². The van der Waals surface area contributed by atoms with E-state index in [0.717, 1.165) is 64.2 Å². The van der Waals surface area contributed by atoms with Gasteiger partial charge < -0.3 is 20.3 Å². The van der Waals surface area contributed by atoms with E-state index >= 15 is 0 Å². The lowest BCUT2D eigenvalue weighted by Crippen LogP contribution is -2.46. The lowest BCUT2D eigenvalue weighted by molar-refractivity contribution is -0.151. The summed E-state index contributed by atoms with van der Waals surface area (Å²) in [6.07, 6.45) is 72.1.